The highest BCUT2D eigenvalue weighted by atomic mass is 79.9. The van der Waals surface area contributed by atoms with E-state index in [1.54, 1.807) is 31.3 Å². The first-order valence-electron chi connectivity index (χ1n) is 10.6. The van der Waals surface area contributed by atoms with Crippen molar-refractivity contribution < 1.29 is 18.3 Å². The van der Waals surface area contributed by atoms with Crippen molar-refractivity contribution >= 4 is 26.0 Å². The second-order valence-electron chi connectivity index (χ2n) is 7.66. The van der Waals surface area contributed by atoms with Gasteiger partial charge in [-0.1, -0.05) is 28.8 Å². The number of aliphatic hydroxyl groups excluding tert-OH is 1. The lowest BCUT2D eigenvalue weighted by atomic mass is 9.93. The Morgan fingerprint density at radius 2 is 1.72 bits per heavy atom. The first-order valence-corrected chi connectivity index (χ1v) is 12.8. The van der Waals surface area contributed by atoms with Crippen molar-refractivity contribution in [2.24, 2.45) is 0 Å². The Morgan fingerprint density at radius 3 is 2.38 bits per heavy atom. The van der Waals surface area contributed by atoms with Crippen molar-refractivity contribution in [3.8, 4) is 0 Å². The third-order valence-corrected chi connectivity index (χ3v) is 7.99. The molecule has 0 aliphatic heterocycles. The van der Waals surface area contributed by atoms with E-state index in [0.717, 1.165) is 62.6 Å². The highest BCUT2D eigenvalue weighted by molar-refractivity contribution is 9.10. The molecule has 0 heterocycles. The highest BCUT2D eigenvalue weighted by Gasteiger charge is 2.31. The Labute approximate surface area is 184 Å². The molecule has 166 valence electrons. The van der Waals surface area contributed by atoms with Crippen LogP contribution in [0.3, 0.4) is 0 Å². The maximum atomic E-state index is 12.8. The molecule has 0 saturated heterocycles. The zero-order valence-corrected chi connectivity index (χ0v) is 19.8. The summed E-state index contributed by atoms with van der Waals surface area (Å²) in [7, 11) is -1.76. The third-order valence-electron chi connectivity index (χ3n) is 5.54. The number of aliphatic hydroxyl groups is 1. The molecule has 2 N–H and O–H groups in total. The van der Waals surface area contributed by atoms with Gasteiger partial charge >= 0.3 is 0 Å². The molecular weight excluding hydrogens is 456 g/mol. The smallest absolute Gasteiger partial charge is 0.243 e. The second-order valence-corrected chi connectivity index (χ2v) is 10.6. The predicted molar refractivity (Wildman–Crippen MR) is 120 cm³/mol. The van der Waals surface area contributed by atoms with Gasteiger partial charge in [0.15, 0.2) is 0 Å². The van der Waals surface area contributed by atoms with Gasteiger partial charge in [-0.25, -0.2) is 8.42 Å². The van der Waals surface area contributed by atoms with Gasteiger partial charge in [0, 0.05) is 30.7 Å². The lowest BCUT2D eigenvalue weighted by Gasteiger charge is -2.34. The van der Waals surface area contributed by atoms with Crippen molar-refractivity contribution in [3.05, 3.63) is 28.7 Å². The van der Waals surface area contributed by atoms with E-state index in [1.165, 1.54) is 10.7 Å². The van der Waals surface area contributed by atoms with Crippen LogP contribution in [-0.2, 0) is 14.8 Å². The standard InChI is InChI=1S/C21H35BrN2O4S/c1-24(29(26,27)21-12-6-18(22)7-13-21)19-8-10-20(11-9-19)28-17-5-3-2-4-14-23-15-16-25/h6-7,12-13,19-20,23,25H,2-5,8-11,14-17H2,1H3/t19-,20-. The molecule has 1 saturated carbocycles. The minimum absolute atomic E-state index is 0.0370. The van der Waals surface area contributed by atoms with Crippen LogP contribution in [0.15, 0.2) is 33.6 Å². The van der Waals surface area contributed by atoms with Crippen molar-refractivity contribution in [1.82, 2.24) is 9.62 Å². The molecule has 29 heavy (non-hydrogen) atoms. The summed E-state index contributed by atoms with van der Waals surface area (Å²) in [5.41, 5.74) is 0. The summed E-state index contributed by atoms with van der Waals surface area (Å²) in [5, 5.41) is 11.9. The van der Waals surface area contributed by atoms with Gasteiger partial charge in [0.25, 0.3) is 0 Å². The number of halogens is 1. The van der Waals surface area contributed by atoms with Crippen LogP contribution in [0, 0.1) is 0 Å². The predicted octanol–water partition coefficient (Wildman–Crippen LogP) is 3.54. The zero-order valence-electron chi connectivity index (χ0n) is 17.4. The van der Waals surface area contributed by atoms with Crippen LogP contribution < -0.4 is 5.32 Å². The summed E-state index contributed by atoms with van der Waals surface area (Å²) in [6, 6.07) is 6.85. The first-order chi connectivity index (χ1) is 13.9. The molecule has 2 rings (SSSR count). The molecule has 1 fully saturated rings. The minimum atomic E-state index is -3.46. The van der Waals surface area contributed by atoms with Crippen molar-refractivity contribution in [3.63, 3.8) is 0 Å². The molecule has 0 aromatic heterocycles. The van der Waals surface area contributed by atoms with Gasteiger partial charge in [-0.15, -0.1) is 0 Å². The molecule has 0 spiro atoms. The molecule has 0 radical (unpaired) electrons. The molecule has 1 aromatic rings. The van der Waals surface area contributed by atoms with Gasteiger partial charge in [0.05, 0.1) is 17.6 Å². The molecule has 1 aromatic carbocycles. The number of sulfonamides is 1. The molecule has 6 nitrogen and oxygen atoms in total. The lowest BCUT2D eigenvalue weighted by Crippen LogP contribution is -2.40. The number of nitrogens with zero attached hydrogens (tertiary/aromatic N) is 1. The summed E-state index contributed by atoms with van der Waals surface area (Å²) in [5.74, 6) is 0. The summed E-state index contributed by atoms with van der Waals surface area (Å²) >= 11 is 3.35. The number of nitrogens with one attached hydrogen (secondary N) is 1. The zero-order chi connectivity index (χ0) is 21.1. The Balaban J connectivity index is 1.64. The van der Waals surface area contributed by atoms with Gasteiger partial charge < -0.3 is 15.2 Å². The highest BCUT2D eigenvalue weighted by Crippen LogP contribution is 2.28. The van der Waals surface area contributed by atoms with Crippen LogP contribution in [0.25, 0.3) is 0 Å². The quantitative estimate of drug-likeness (QED) is 0.413. The molecule has 8 heteroatoms. The van der Waals surface area contributed by atoms with Crippen molar-refractivity contribution in [1.29, 1.82) is 0 Å². The molecule has 1 aliphatic carbocycles. The number of benzene rings is 1. The first kappa shape index (κ1) is 24.8. The SMILES string of the molecule is CN([C@H]1CC[C@H](OCCCCCCNCCO)CC1)S(=O)(=O)c1ccc(Br)cc1. The minimum Gasteiger partial charge on any atom is -0.395 e. The van der Waals surface area contributed by atoms with Crippen LogP contribution >= 0.6 is 15.9 Å². The van der Waals surface area contributed by atoms with Crippen LogP contribution in [0.5, 0.6) is 0 Å². The van der Waals surface area contributed by atoms with Gasteiger partial charge in [-0.2, -0.15) is 4.31 Å². The van der Waals surface area contributed by atoms with E-state index in [4.69, 9.17) is 9.84 Å². The Hall–Kier alpha value is -0.510. The average Bonchev–Trinajstić information content (AvgIpc) is 2.73. The normalized spacial score (nSPS) is 20.3. The summed E-state index contributed by atoms with van der Waals surface area (Å²) in [6.45, 7) is 2.61. The fraction of sp³-hybridized carbons (Fsp3) is 0.714. The Kier molecular flexibility index (Phi) is 11.1. The Morgan fingerprint density at radius 1 is 1.07 bits per heavy atom. The van der Waals surface area contributed by atoms with Crippen LogP contribution in [0.4, 0.5) is 0 Å². The van der Waals surface area contributed by atoms with Crippen molar-refractivity contribution in [2.75, 3.05) is 33.4 Å². The second kappa shape index (κ2) is 13.0. The fourth-order valence-electron chi connectivity index (χ4n) is 3.70. The van der Waals surface area contributed by atoms with E-state index in [9.17, 15) is 8.42 Å². The molecule has 1 aliphatic rings. The largest absolute Gasteiger partial charge is 0.395 e. The average molecular weight is 491 g/mol. The van der Waals surface area contributed by atoms with E-state index in [2.05, 4.69) is 21.2 Å². The Bertz CT molecular complexity index is 676. The molecule has 0 atom stereocenters. The van der Waals surface area contributed by atoms with E-state index in [0.29, 0.717) is 11.4 Å². The maximum Gasteiger partial charge on any atom is 0.243 e. The van der Waals surface area contributed by atoms with Gasteiger partial charge in [-0.3, -0.25) is 0 Å². The van der Waals surface area contributed by atoms with E-state index in [-0.39, 0.29) is 18.8 Å². The maximum absolute atomic E-state index is 12.8. The van der Waals surface area contributed by atoms with E-state index in [1.807, 2.05) is 0 Å². The topological polar surface area (TPSA) is 78.9 Å². The number of unbranched alkanes of at least 4 members (excludes halogenated alkanes) is 3. The summed E-state index contributed by atoms with van der Waals surface area (Å²) in [4.78, 5) is 0.341. The van der Waals surface area contributed by atoms with Gasteiger partial charge in [-0.05, 0) is 69.3 Å². The van der Waals surface area contributed by atoms with E-state index >= 15 is 0 Å². The fourth-order valence-corrected chi connectivity index (χ4v) is 5.38. The molecule has 0 amide bonds. The number of hydrogen-bond donors (Lipinski definition) is 2. The van der Waals surface area contributed by atoms with Gasteiger partial charge in [0.2, 0.25) is 10.0 Å². The summed E-state index contributed by atoms with van der Waals surface area (Å²) < 4.78 is 34.1. The van der Waals surface area contributed by atoms with Crippen LogP contribution in [0.2, 0.25) is 0 Å². The van der Waals surface area contributed by atoms with Crippen LogP contribution in [0.1, 0.15) is 51.4 Å². The number of rotatable bonds is 13. The lowest BCUT2D eigenvalue weighted by molar-refractivity contribution is 0.0157. The molecule has 0 unspecified atom stereocenters. The molecule has 0 bridgehead atoms. The van der Waals surface area contributed by atoms with E-state index < -0.39 is 10.0 Å². The third kappa shape index (κ3) is 8.26. The van der Waals surface area contributed by atoms with Crippen molar-refractivity contribution in [2.45, 2.75) is 68.4 Å². The van der Waals surface area contributed by atoms with Gasteiger partial charge in [0.1, 0.15) is 0 Å². The van der Waals surface area contributed by atoms with Crippen LogP contribution in [-0.4, -0.2) is 63.3 Å². The molecular formula is C21H35BrN2O4S. The monoisotopic (exact) mass is 490 g/mol. The summed E-state index contributed by atoms with van der Waals surface area (Å²) in [6.07, 6.45) is 8.29. The number of hydrogen-bond acceptors (Lipinski definition) is 5. The number of ether oxygens (including phenoxy) is 1.